The zero-order valence-corrected chi connectivity index (χ0v) is 21.8. The van der Waals surface area contributed by atoms with E-state index in [-0.39, 0.29) is 10.8 Å². The van der Waals surface area contributed by atoms with Crippen molar-refractivity contribution in [1.82, 2.24) is 14.9 Å². The lowest BCUT2D eigenvalue weighted by atomic mass is 10.0. The number of anilines is 2. The van der Waals surface area contributed by atoms with Crippen LogP contribution in [0.1, 0.15) is 36.9 Å². The van der Waals surface area contributed by atoms with Crippen molar-refractivity contribution in [3.05, 3.63) is 52.7 Å². The number of nitrogens with one attached hydrogen (secondary N) is 1. The van der Waals surface area contributed by atoms with Gasteiger partial charge in [-0.3, -0.25) is 4.79 Å². The van der Waals surface area contributed by atoms with E-state index in [1.54, 1.807) is 12.1 Å². The van der Waals surface area contributed by atoms with Gasteiger partial charge in [-0.05, 0) is 82.1 Å². The third-order valence-corrected chi connectivity index (χ3v) is 7.48. The molecule has 38 heavy (non-hydrogen) atoms. The summed E-state index contributed by atoms with van der Waals surface area (Å²) in [4.78, 5) is 26.8. The number of amides is 1. The van der Waals surface area contributed by atoms with Crippen LogP contribution in [0.5, 0.6) is 5.75 Å². The van der Waals surface area contributed by atoms with Gasteiger partial charge in [-0.15, -0.1) is 0 Å². The second kappa shape index (κ2) is 10.9. The Labute approximate surface area is 223 Å². The smallest absolute Gasteiger partial charge is 0.416 e. The van der Waals surface area contributed by atoms with Crippen LogP contribution in [0.2, 0.25) is 5.02 Å². The Bertz CT molecular complexity index is 1320. The van der Waals surface area contributed by atoms with Gasteiger partial charge >= 0.3 is 6.18 Å². The lowest BCUT2D eigenvalue weighted by Gasteiger charge is -2.36. The number of likely N-dealkylation sites (tertiary alicyclic amines) is 1. The highest BCUT2D eigenvalue weighted by atomic mass is 35.5. The van der Waals surface area contributed by atoms with Crippen molar-refractivity contribution >= 4 is 40.0 Å². The van der Waals surface area contributed by atoms with Crippen LogP contribution < -0.4 is 15.0 Å². The number of aryl methyl sites for hydroxylation is 1. The van der Waals surface area contributed by atoms with Gasteiger partial charge in [0.1, 0.15) is 5.75 Å². The topological polar surface area (TPSA) is 70.6 Å². The van der Waals surface area contributed by atoms with E-state index in [9.17, 15) is 18.0 Å². The van der Waals surface area contributed by atoms with Crippen molar-refractivity contribution in [2.75, 3.05) is 43.0 Å². The number of carbonyl (C=O) groups is 1. The second-order valence-electron chi connectivity index (χ2n) is 9.78. The number of hydrogen-bond acceptors (Lipinski definition) is 6. The minimum Gasteiger partial charge on any atom is -0.482 e. The average Bonchev–Trinajstić information content (AvgIpc) is 3.43. The maximum Gasteiger partial charge on any atom is 0.416 e. The van der Waals surface area contributed by atoms with Crippen molar-refractivity contribution in [2.24, 2.45) is 0 Å². The summed E-state index contributed by atoms with van der Waals surface area (Å²) in [5, 5.41) is 3.34. The number of alkyl halides is 3. The molecule has 0 aliphatic carbocycles. The number of fused-ring (bicyclic) bond motifs is 1. The molecule has 2 fully saturated rings. The number of halogens is 4. The number of nitrogens with zero attached hydrogens (tertiary/aromatic N) is 4. The predicted molar refractivity (Wildman–Crippen MR) is 141 cm³/mol. The summed E-state index contributed by atoms with van der Waals surface area (Å²) < 4.78 is 43.7. The van der Waals surface area contributed by atoms with Crippen LogP contribution in [0, 0.1) is 6.92 Å². The molecular weight excluding hydrogens is 519 g/mol. The summed E-state index contributed by atoms with van der Waals surface area (Å²) in [5.41, 5.74) is 1.26. The molecule has 2 saturated heterocycles. The summed E-state index contributed by atoms with van der Waals surface area (Å²) >= 11 is 5.89. The molecule has 202 valence electrons. The van der Waals surface area contributed by atoms with Crippen LogP contribution in [-0.4, -0.2) is 59.6 Å². The highest BCUT2D eigenvalue weighted by molar-refractivity contribution is 6.32. The van der Waals surface area contributed by atoms with E-state index in [0.717, 1.165) is 66.7 Å². The Morgan fingerprint density at radius 2 is 1.82 bits per heavy atom. The first-order valence-electron chi connectivity index (χ1n) is 12.7. The lowest BCUT2D eigenvalue weighted by Crippen LogP contribution is -2.44. The number of piperidine rings is 1. The fourth-order valence-corrected chi connectivity index (χ4v) is 5.39. The van der Waals surface area contributed by atoms with Crippen molar-refractivity contribution in [3.63, 3.8) is 0 Å². The summed E-state index contributed by atoms with van der Waals surface area (Å²) in [6.07, 6.45) is 0.324. The molecule has 11 heteroatoms. The van der Waals surface area contributed by atoms with Gasteiger partial charge in [0.25, 0.3) is 5.91 Å². The third-order valence-electron chi connectivity index (χ3n) is 7.18. The molecule has 1 N–H and O–H groups in total. The lowest BCUT2D eigenvalue weighted by molar-refractivity contribution is -0.137. The highest BCUT2D eigenvalue weighted by Crippen LogP contribution is 2.34. The monoisotopic (exact) mass is 547 g/mol. The summed E-state index contributed by atoms with van der Waals surface area (Å²) in [7, 11) is 0. The molecule has 7 nitrogen and oxygen atoms in total. The van der Waals surface area contributed by atoms with Crippen LogP contribution in [0.4, 0.5) is 24.8 Å². The predicted octanol–water partition coefficient (Wildman–Crippen LogP) is 5.69. The molecule has 2 aliphatic rings. The molecule has 0 atom stereocenters. The number of ether oxygens (including phenoxy) is 1. The number of aromatic nitrogens is 2. The van der Waals surface area contributed by atoms with E-state index in [4.69, 9.17) is 26.3 Å². The van der Waals surface area contributed by atoms with Gasteiger partial charge in [0, 0.05) is 30.2 Å². The van der Waals surface area contributed by atoms with E-state index in [1.807, 2.05) is 13.0 Å². The van der Waals surface area contributed by atoms with E-state index < -0.39 is 24.3 Å². The van der Waals surface area contributed by atoms with Gasteiger partial charge in [-0.1, -0.05) is 11.6 Å². The number of hydrogen-bond donors (Lipinski definition) is 1. The molecule has 5 rings (SSSR count). The molecule has 1 amide bonds. The molecule has 2 aromatic carbocycles. The van der Waals surface area contributed by atoms with Crippen LogP contribution in [0.25, 0.3) is 10.9 Å². The normalized spacial score (nSPS) is 17.2. The van der Waals surface area contributed by atoms with Crippen molar-refractivity contribution < 1.29 is 22.7 Å². The first-order chi connectivity index (χ1) is 18.2. The first-order valence-corrected chi connectivity index (χ1v) is 13.1. The van der Waals surface area contributed by atoms with Gasteiger partial charge in [0.2, 0.25) is 5.95 Å². The SMILES string of the molecule is Cc1nc(N2CCC(N3CCCC3)CC2)nc2ccc(NC(=O)COc3ccc(C(F)(F)F)cc3Cl)cc12. The molecule has 0 spiro atoms. The van der Waals surface area contributed by atoms with E-state index in [0.29, 0.717) is 11.7 Å². The Morgan fingerprint density at radius 3 is 2.50 bits per heavy atom. The summed E-state index contributed by atoms with van der Waals surface area (Å²) in [6, 6.07) is 8.77. The fraction of sp³-hybridized carbons (Fsp3) is 0.444. The standard InChI is InChI=1S/C27H29ClF3N5O2/c1-17-21-15-19(33-25(37)16-38-24-7-4-18(14-22(24)28)27(29,30)31)5-6-23(21)34-26(32-17)36-12-8-20(9-13-36)35-10-2-3-11-35/h4-7,14-15,20H,2-3,8-13,16H2,1H3,(H,33,37). The van der Waals surface area contributed by atoms with E-state index in [1.165, 1.54) is 25.9 Å². The molecule has 0 saturated carbocycles. The minimum atomic E-state index is -4.51. The molecule has 2 aliphatic heterocycles. The Morgan fingerprint density at radius 1 is 1.08 bits per heavy atom. The largest absolute Gasteiger partial charge is 0.482 e. The maximum absolute atomic E-state index is 12.8. The molecule has 0 radical (unpaired) electrons. The van der Waals surface area contributed by atoms with E-state index in [2.05, 4.69) is 15.1 Å². The first kappa shape index (κ1) is 26.5. The zero-order valence-electron chi connectivity index (χ0n) is 21.0. The Balaban J connectivity index is 1.20. The maximum atomic E-state index is 12.8. The van der Waals surface area contributed by atoms with E-state index >= 15 is 0 Å². The van der Waals surface area contributed by atoms with Crippen molar-refractivity contribution in [3.8, 4) is 5.75 Å². The molecule has 0 bridgehead atoms. The number of rotatable bonds is 6. The zero-order chi connectivity index (χ0) is 26.9. The van der Waals surface area contributed by atoms with Crippen molar-refractivity contribution in [1.29, 1.82) is 0 Å². The molecule has 3 aromatic rings. The van der Waals surface area contributed by atoms with Crippen molar-refractivity contribution in [2.45, 2.75) is 44.8 Å². The number of benzene rings is 2. The molecular formula is C27H29ClF3N5O2. The highest BCUT2D eigenvalue weighted by Gasteiger charge is 2.31. The molecule has 0 unspecified atom stereocenters. The Kier molecular flexibility index (Phi) is 7.63. The van der Waals surface area contributed by atoms with Gasteiger partial charge in [0.05, 0.1) is 21.8 Å². The second-order valence-corrected chi connectivity index (χ2v) is 10.2. The minimum absolute atomic E-state index is 0.00503. The van der Waals surface area contributed by atoms with Crippen LogP contribution in [0.15, 0.2) is 36.4 Å². The van der Waals surface area contributed by atoms with Gasteiger partial charge in [-0.25, -0.2) is 9.97 Å². The van der Waals surface area contributed by atoms with Gasteiger partial charge < -0.3 is 19.9 Å². The molecule has 3 heterocycles. The molecule has 1 aromatic heterocycles. The van der Waals surface area contributed by atoms with Crippen LogP contribution in [0.3, 0.4) is 0 Å². The van der Waals surface area contributed by atoms with Crippen LogP contribution >= 0.6 is 11.6 Å². The average molecular weight is 548 g/mol. The number of carbonyl (C=O) groups excluding carboxylic acids is 1. The summed E-state index contributed by atoms with van der Waals surface area (Å²) in [5.74, 6) is 0.249. The summed E-state index contributed by atoms with van der Waals surface area (Å²) in [6.45, 7) is 5.80. The Hall–Kier alpha value is -3.11. The fourth-order valence-electron chi connectivity index (χ4n) is 5.16. The third kappa shape index (κ3) is 5.96. The van der Waals surface area contributed by atoms with Crippen LogP contribution in [-0.2, 0) is 11.0 Å². The van der Waals surface area contributed by atoms with Gasteiger partial charge in [0.15, 0.2) is 6.61 Å². The quantitative estimate of drug-likeness (QED) is 0.427. The van der Waals surface area contributed by atoms with Gasteiger partial charge in [-0.2, -0.15) is 13.2 Å².